The van der Waals surface area contributed by atoms with Gasteiger partial charge in [-0.05, 0) is 31.5 Å². The van der Waals surface area contributed by atoms with E-state index in [0.29, 0.717) is 16.7 Å². The third kappa shape index (κ3) is 3.67. The van der Waals surface area contributed by atoms with E-state index in [1.165, 1.54) is 23.9 Å². The van der Waals surface area contributed by atoms with E-state index in [2.05, 4.69) is 9.97 Å². The van der Waals surface area contributed by atoms with Crippen molar-refractivity contribution >= 4 is 23.4 Å². The summed E-state index contributed by atoms with van der Waals surface area (Å²) in [5.74, 6) is 1.03. The van der Waals surface area contributed by atoms with Crippen LogP contribution in [0.4, 0.5) is 4.39 Å². The highest BCUT2D eigenvalue weighted by atomic mass is 35.5. The lowest BCUT2D eigenvalue weighted by Gasteiger charge is -2.07. The quantitative estimate of drug-likeness (QED) is 0.616. The molecule has 2 rings (SSSR count). The lowest BCUT2D eigenvalue weighted by Crippen LogP contribution is -2.01. The molecule has 0 N–H and O–H groups in total. The number of hydrogen-bond acceptors (Lipinski definition) is 3. The Bertz CT molecular complexity index is 590. The highest BCUT2D eigenvalue weighted by Gasteiger charge is 2.08. The van der Waals surface area contributed by atoms with Crippen LogP contribution in [0.25, 0.3) is 0 Å². The maximum Gasteiger partial charge on any atom is 0.140 e. The minimum atomic E-state index is -0.234. The largest absolute Gasteiger partial charge is 0.237 e. The number of aromatic nitrogens is 2. The first-order chi connectivity index (χ1) is 9.10. The normalized spacial score (nSPS) is 10.7. The zero-order chi connectivity index (χ0) is 13.8. The van der Waals surface area contributed by atoms with Crippen molar-refractivity contribution in [3.8, 4) is 0 Å². The van der Waals surface area contributed by atoms with Crippen molar-refractivity contribution < 1.29 is 4.39 Å². The first-order valence-corrected chi connectivity index (χ1v) is 7.36. The third-order valence-electron chi connectivity index (χ3n) is 2.73. The number of halogens is 2. The summed E-state index contributed by atoms with van der Waals surface area (Å²) in [6.45, 7) is 3.96. The van der Waals surface area contributed by atoms with Crippen LogP contribution >= 0.6 is 23.4 Å². The summed E-state index contributed by atoms with van der Waals surface area (Å²) < 4.78 is 13.1. The average molecular weight is 297 g/mol. The van der Waals surface area contributed by atoms with Gasteiger partial charge in [-0.2, -0.15) is 0 Å². The molecule has 0 aliphatic carbocycles. The second kappa shape index (κ2) is 6.35. The third-order valence-corrected chi connectivity index (χ3v) is 4.09. The maximum absolute atomic E-state index is 13.1. The van der Waals surface area contributed by atoms with E-state index in [4.69, 9.17) is 11.6 Å². The molecule has 1 aromatic carbocycles. The molecule has 5 heteroatoms. The smallest absolute Gasteiger partial charge is 0.140 e. The van der Waals surface area contributed by atoms with E-state index >= 15 is 0 Å². The van der Waals surface area contributed by atoms with Gasteiger partial charge in [0.05, 0.1) is 5.75 Å². The lowest BCUT2D eigenvalue weighted by molar-refractivity contribution is 0.624. The molecular weight excluding hydrogens is 283 g/mol. The number of rotatable bonds is 4. The number of hydrogen-bond donors (Lipinski definition) is 0. The van der Waals surface area contributed by atoms with Gasteiger partial charge in [0.2, 0.25) is 0 Å². The van der Waals surface area contributed by atoms with Crippen molar-refractivity contribution in [3.05, 3.63) is 52.3 Å². The van der Waals surface area contributed by atoms with Crippen LogP contribution in [-0.2, 0) is 12.2 Å². The van der Waals surface area contributed by atoms with Gasteiger partial charge in [-0.15, -0.1) is 11.8 Å². The first kappa shape index (κ1) is 14.3. The van der Waals surface area contributed by atoms with E-state index in [1.807, 2.05) is 19.9 Å². The van der Waals surface area contributed by atoms with Crippen molar-refractivity contribution in [1.82, 2.24) is 9.97 Å². The van der Waals surface area contributed by atoms with E-state index < -0.39 is 0 Å². The minimum absolute atomic E-state index is 0.234. The minimum Gasteiger partial charge on any atom is -0.237 e. The summed E-state index contributed by atoms with van der Waals surface area (Å²) in [5.41, 5.74) is 1.90. The molecule has 19 heavy (non-hydrogen) atoms. The standard InChI is InChI=1S/C14H14ClFN2S/c1-3-12-9(2)14(15)18-13(17-12)8-19-11-6-4-5-10(16)7-11/h4-7H,3,8H2,1-2H3. The zero-order valence-electron chi connectivity index (χ0n) is 10.8. The molecule has 0 saturated carbocycles. The Labute approximate surface area is 121 Å². The molecule has 0 saturated heterocycles. The van der Waals surface area contributed by atoms with Gasteiger partial charge in [-0.3, -0.25) is 0 Å². The van der Waals surface area contributed by atoms with Crippen LogP contribution in [0, 0.1) is 12.7 Å². The number of nitrogens with zero attached hydrogens (tertiary/aromatic N) is 2. The van der Waals surface area contributed by atoms with Crippen LogP contribution in [0.1, 0.15) is 24.0 Å². The second-order valence-corrected chi connectivity index (χ2v) is 5.51. The Hall–Kier alpha value is -1.13. The fraction of sp³-hybridized carbons (Fsp3) is 0.286. The maximum atomic E-state index is 13.1. The van der Waals surface area contributed by atoms with Gasteiger partial charge in [0, 0.05) is 16.2 Å². The van der Waals surface area contributed by atoms with Crippen LogP contribution in [0.15, 0.2) is 29.2 Å². The predicted molar refractivity (Wildman–Crippen MR) is 77.1 cm³/mol. The van der Waals surface area contributed by atoms with Crippen LogP contribution in [-0.4, -0.2) is 9.97 Å². The summed E-state index contributed by atoms with van der Waals surface area (Å²) >= 11 is 7.58. The highest BCUT2D eigenvalue weighted by Crippen LogP contribution is 2.24. The molecule has 0 spiro atoms. The Kier molecular flexibility index (Phi) is 4.77. The molecule has 0 unspecified atom stereocenters. The fourth-order valence-electron chi connectivity index (χ4n) is 1.69. The van der Waals surface area contributed by atoms with Crippen LogP contribution in [0.5, 0.6) is 0 Å². The molecule has 2 aromatic rings. The number of benzene rings is 1. The summed E-state index contributed by atoms with van der Waals surface area (Å²) in [5, 5.41) is 0.502. The van der Waals surface area contributed by atoms with Crippen LogP contribution in [0.3, 0.4) is 0 Å². The molecule has 1 heterocycles. The second-order valence-electron chi connectivity index (χ2n) is 4.10. The molecule has 0 atom stereocenters. The van der Waals surface area contributed by atoms with Gasteiger partial charge in [-0.1, -0.05) is 24.6 Å². The van der Waals surface area contributed by atoms with Gasteiger partial charge in [0.25, 0.3) is 0 Å². The van der Waals surface area contributed by atoms with Crippen LogP contribution in [0.2, 0.25) is 5.15 Å². The molecule has 100 valence electrons. The molecule has 0 radical (unpaired) electrons. The van der Waals surface area contributed by atoms with Crippen molar-refractivity contribution in [3.63, 3.8) is 0 Å². The Morgan fingerprint density at radius 3 is 2.79 bits per heavy atom. The molecule has 0 fully saturated rings. The van der Waals surface area contributed by atoms with E-state index in [0.717, 1.165) is 22.6 Å². The van der Waals surface area contributed by atoms with Gasteiger partial charge >= 0.3 is 0 Å². The van der Waals surface area contributed by atoms with Gasteiger partial charge in [0.1, 0.15) is 16.8 Å². The molecule has 0 amide bonds. The zero-order valence-corrected chi connectivity index (χ0v) is 12.4. The molecule has 0 bridgehead atoms. The SMILES string of the molecule is CCc1nc(CSc2cccc(F)c2)nc(Cl)c1C. The number of aryl methyl sites for hydroxylation is 1. The van der Waals surface area contributed by atoms with Crippen molar-refractivity contribution in [2.24, 2.45) is 0 Å². The monoisotopic (exact) mass is 296 g/mol. The lowest BCUT2D eigenvalue weighted by atomic mass is 10.2. The van der Waals surface area contributed by atoms with Crippen molar-refractivity contribution in [1.29, 1.82) is 0 Å². The summed E-state index contributed by atoms with van der Waals surface area (Å²) in [6.07, 6.45) is 0.825. The molecular formula is C14H14ClFN2S. The average Bonchev–Trinajstić information content (AvgIpc) is 2.40. The fourth-order valence-corrected chi connectivity index (χ4v) is 2.70. The Morgan fingerprint density at radius 1 is 1.32 bits per heavy atom. The summed E-state index contributed by atoms with van der Waals surface area (Å²) in [6, 6.07) is 6.49. The Balaban J connectivity index is 2.13. The van der Waals surface area contributed by atoms with Gasteiger partial charge < -0.3 is 0 Å². The van der Waals surface area contributed by atoms with Crippen molar-refractivity contribution in [2.75, 3.05) is 0 Å². The molecule has 0 aliphatic heterocycles. The van der Waals surface area contributed by atoms with E-state index in [9.17, 15) is 4.39 Å². The van der Waals surface area contributed by atoms with E-state index in [-0.39, 0.29) is 5.82 Å². The highest BCUT2D eigenvalue weighted by molar-refractivity contribution is 7.98. The molecule has 2 nitrogen and oxygen atoms in total. The van der Waals surface area contributed by atoms with Crippen LogP contribution < -0.4 is 0 Å². The Morgan fingerprint density at radius 2 is 2.11 bits per heavy atom. The van der Waals surface area contributed by atoms with Gasteiger partial charge in [-0.25, -0.2) is 14.4 Å². The molecule has 1 aromatic heterocycles. The van der Waals surface area contributed by atoms with Crippen molar-refractivity contribution in [2.45, 2.75) is 30.9 Å². The van der Waals surface area contributed by atoms with Gasteiger partial charge in [0.15, 0.2) is 0 Å². The summed E-state index contributed by atoms with van der Waals surface area (Å²) in [4.78, 5) is 9.60. The summed E-state index contributed by atoms with van der Waals surface area (Å²) in [7, 11) is 0. The first-order valence-electron chi connectivity index (χ1n) is 6.00. The molecule has 0 aliphatic rings. The van der Waals surface area contributed by atoms with E-state index in [1.54, 1.807) is 6.07 Å². The topological polar surface area (TPSA) is 25.8 Å². The predicted octanol–water partition coefficient (Wildman–Crippen LogP) is 4.43. The number of thioether (sulfide) groups is 1.